The second-order valence-electron chi connectivity index (χ2n) is 4.60. The number of urea groups is 1. The van der Waals surface area contributed by atoms with Crippen molar-refractivity contribution in [3.8, 4) is 0 Å². The van der Waals surface area contributed by atoms with Crippen LogP contribution in [0.1, 0.15) is 0 Å². The maximum atomic E-state index is 11.3. The number of fused-ring (bicyclic) bond motifs is 1. The number of rotatable bonds is 5. The van der Waals surface area contributed by atoms with Gasteiger partial charge in [0.1, 0.15) is 0 Å². The number of anilines is 1. The summed E-state index contributed by atoms with van der Waals surface area (Å²) in [7, 11) is 3.32. The highest BCUT2D eigenvalue weighted by Crippen LogP contribution is 2.20. The third-order valence-electron chi connectivity index (χ3n) is 2.78. The molecule has 1 aromatic heterocycles. The maximum absolute atomic E-state index is 11.3. The molecule has 0 fully saturated rings. The van der Waals surface area contributed by atoms with Crippen LogP contribution in [-0.4, -0.2) is 53.0 Å². The van der Waals surface area contributed by atoms with Crippen LogP contribution in [-0.2, 0) is 0 Å². The predicted octanol–water partition coefficient (Wildman–Crippen LogP) is 1.15. The molecule has 0 saturated carbocycles. The van der Waals surface area contributed by atoms with Gasteiger partial charge >= 0.3 is 6.03 Å². The van der Waals surface area contributed by atoms with Crippen LogP contribution < -0.4 is 10.6 Å². The van der Waals surface area contributed by atoms with Gasteiger partial charge in [0.05, 0.1) is 16.0 Å². The summed E-state index contributed by atoms with van der Waals surface area (Å²) < 4.78 is 0. The van der Waals surface area contributed by atoms with Crippen molar-refractivity contribution in [3.05, 3.63) is 28.3 Å². The average molecular weight is 292 g/mol. The van der Waals surface area contributed by atoms with Gasteiger partial charge in [0.25, 0.3) is 5.69 Å². The van der Waals surface area contributed by atoms with Crippen LogP contribution in [0.25, 0.3) is 11.0 Å². The lowest BCUT2D eigenvalue weighted by atomic mass is 10.3. The van der Waals surface area contributed by atoms with Gasteiger partial charge in [-0.05, 0) is 6.07 Å². The summed E-state index contributed by atoms with van der Waals surface area (Å²) in [6.45, 7) is 0.926. The van der Waals surface area contributed by atoms with Gasteiger partial charge in [-0.25, -0.2) is 9.78 Å². The molecule has 2 rings (SSSR count). The Bertz CT molecular complexity index is 666. The number of nitro benzene ring substituents is 1. The summed E-state index contributed by atoms with van der Waals surface area (Å²) in [6.07, 6.45) is 0. The van der Waals surface area contributed by atoms with Crippen LogP contribution in [0.4, 0.5) is 16.4 Å². The fraction of sp³-hybridized carbons (Fsp3) is 0.333. The first-order valence-electron chi connectivity index (χ1n) is 6.30. The Labute approximate surface area is 120 Å². The van der Waals surface area contributed by atoms with Gasteiger partial charge in [0, 0.05) is 39.3 Å². The molecule has 21 heavy (non-hydrogen) atoms. The lowest BCUT2D eigenvalue weighted by Gasteiger charge is -2.11. The fourth-order valence-electron chi connectivity index (χ4n) is 1.70. The van der Waals surface area contributed by atoms with Crippen molar-refractivity contribution in [2.24, 2.45) is 0 Å². The van der Waals surface area contributed by atoms with E-state index in [4.69, 9.17) is 0 Å². The summed E-state index contributed by atoms with van der Waals surface area (Å²) in [5.74, 6) is 0.504. The first kappa shape index (κ1) is 14.6. The lowest BCUT2D eigenvalue weighted by Crippen LogP contribution is -2.37. The second-order valence-corrected chi connectivity index (χ2v) is 4.60. The van der Waals surface area contributed by atoms with E-state index in [-0.39, 0.29) is 11.7 Å². The second kappa shape index (κ2) is 6.07. The van der Waals surface area contributed by atoms with E-state index in [0.717, 1.165) is 0 Å². The first-order valence-corrected chi connectivity index (χ1v) is 6.30. The molecule has 0 spiro atoms. The molecule has 0 aliphatic rings. The SMILES string of the molecule is CN(C)C(=O)NCCNc1nc2ccc([N+](=O)[O-])cc2[nH]1. The Hall–Kier alpha value is -2.84. The minimum Gasteiger partial charge on any atom is -0.354 e. The molecule has 1 aromatic carbocycles. The molecule has 9 nitrogen and oxygen atoms in total. The molecule has 3 N–H and O–H groups in total. The zero-order valence-corrected chi connectivity index (χ0v) is 11.7. The van der Waals surface area contributed by atoms with E-state index >= 15 is 0 Å². The molecule has 2 amide bonds. The number of aromatic nitrogens is 2. The first-order chi connectivity index (χ1) is 9.97. The molecule has 0 unspecified atom stereocenters. The van der Waals surface area contributed by atoms with E-state index in [0.29, 0.717) is 30.1 Å². The fourth-order valence-corrected chi connectivity index (χ4v) is 1.70. The Kier molecular flexibility index (Phi) is 4.21. The van der Waals surface area contributed by atoms with Gasteiger partial charge in [-0.3, -0.25) is 10.1 Å². The van der Waals surface area contributed by atoms with E-state index in [1.807, 2.05) is 0 Å². The molecule has 2 aromatic rings. The predicted molar refractivity (Wildman–Crippen MR) is 78.3 cm³/mol. The van der Waals surface area contributed by atoms with Crippen LogP contribution in [0.5, 0.6) is 0 Å². The van der Waals surface area contributed by atoms with Crippen molar-refractivity contribution in [2.45, 2.75) is 0 Å². The zero-order valence-electron chi connectivity index (χ0n) is 11.7. The molecular formula is C12H16N6O3. The number of H-pyrrole nitrogens is 1. The highest BCUT2D eigenvalue weighted by Gasteiger charge is 2.09. The molecule has 0 atom stereocenters. The standard InChI is InChI=1S/C12H16N6O3/c1-17(2)12(19)14-6-5-13-11-15-9-4-3-8(18(20)21)7-10(9)16-11/h3-4,7H,5-6H2,1-2H3,(H,14,19)(H2,13,15,16). The van der Waals surface area contributed by atoms with E-state index < -0.39 is 4.92 Å². The van der Waals surface area contributed by atoms with Gasteiger partial charge < -0.3 is 20.5 Å². The number of hydrogen-bond acceptors (Lipinski definition) is 5. The number of aromatic amines is 1. The van der Waals surface area contributed by atoms with Crippen molar-refractivity contribution in [1.29, 1.82) is 0 Å². The Morgan fingerprint density at radius 3 is 2.86 bits per heavy atom. The minimum absolute atomic E-state index is 0.0101. The van der Waals surface area contributed by atoms with Crippen LogP contribution in [0.15, 0.2) is 18.2 Å². The van der Waals surface area contributed by atoms with Gasteiger partial charge in [0.2, 0.25) is 5.95 Å². The number of nitrogens with zero attached hydrogens (tertiary/aromatic N) is 3. The molecule has 0 aliphatic heterocycles. The summed E-state index contributed by atoms with van der Waals surface area (Å²) >= 11 is 0. The van der Waals surface area contributed by atoms with Crippen molar-refractivity contribution in [3.63, 3.8) is 0 Å². The maximum Gasteiger partial charge on any atom is 0.316 e. The van der Waals surface area contributed by atoms with Crippen molar-refractivity contribution in [1.82, 2.24) is 20.2 Å². The smallest absolute Gasteiger partial charge is 0.316 e. The molecule has 9 heteroatoms. The number of carbonyl (C=O) groups is 1. The number of imidazole rings is 1. The van der Waals surface area contributed by atoms with E-state index in [2.05, 4.69) is 20.6 Å². The highest BCUT2D eigenvalue weighted by molar-refractivity contribution is 5.79. The quantitative estimate of drug-likeness (QED) is 0.434. The third kappa shape index (κ3) is 3.59. The monoisotopic (exact) mass is 292 g/mol. The zero-order chi connectivity index (χ0) is 15.4. The molecule has 0 radical (unpaired) electrons. The number of hydrogen-bond donors (Lipinski definition) is 3. The normalized spacial score (nSPS) is 10.4. The van der Waals surface area contributed by atoms with Crippen molar-refractivity contribution < 1.29 is 9.72 Å². The third-order valence-corrected chi connectivity index (χ3v) is 2.78. The minimum atomic E-state index is -0.454. The van der Waals surface area contributed by atoms with E-state index in [1.54, 1.807) is 20.2 Å². The number of nitro groups is 1. The van der Waals surface area contributed by atoms with Gasteiger partial charge in [-0.15, -0.1) is 0 Å². The largest absolute Gasteiger partial charge is 0.354 e. The molecule has 0 aliphatic carbocycles. The molecule has 0 bridgehead atoms. The van der Waals surface area contributed by atoms with Crippen molar-refractivity contribution >= 4 is 28.7 Å². The number of non-ortho nitro benzene ring substituents is 1. The molecular weight excluding hydrogens is 276 g/mol. The summed E-state index contributed by atoms with van der Waals surface area (Å²) in [6, 6.07) is 4.26. The topological polar surface area (TPSA) is 116 Å². The van der Waals surface area contributed by atoms with Gasteiger partial charge in [-0.2, -0.15) is 0 Å². The van der Waals surface area contributed by atoms with Crippen LogP contribution in [0.3, 0.4) is 0 Å². The Morgan fingerprint density at radius 2 is 2.19 bits per heavy atom. The average Bonchev–Trinajstić information content (AvgIpc) is 2.84. The van der Waals surface area contributed by atoms with Gasteiger partial charge in [-0.1, -0.05) is 0 Å². The van der Waals surface area contributed by atoms with Crippen molar-refractivity contribution in [2.75, 3.05) is 32.5 Å². The number of carbonyl (C=O) groups excluding carboxylic acids is 1. The highest BCUT2D eigenvalue weighted by atomic mass is 16.6. The number of benzene rings is 1. The van der Waals surface area contributed by atoms with E-state index in [9.17, 15) is 14.9 Å². The molecule has 112 valence electrons. The Morgan fingerprint density at radius 1 is 1.43 bits per heavy atom. The number of nitrogens with one attached hydrogen (secondary N) is 3. The molecule has 0 saturated heterocycles. The van der Waals surface area contributed by atoms with Gasteiger partial charge in [0.15, 0.2) is 0 Å². The Balaban J connectivity index is 1.94. The van der Waals surface area contributed by atoms with Crippen LogP contribution >= 0.6 is 0 Å². The lowest BCUT2D eigenvalue weighted by molar-refractivity contribution is -0.384. The summed E-state index contributed by atoms with van der Waals surface area (Å²) in [5.41, 5.74) is 1.24. The number of amides is 2. The summed E-state index contributed by atoms with van der Waals surface area (Å²) in [5, 5.41) is 16.4. The van der Waals surface area contributed by atoms with Crippen LogP contribution in [0.2, 0.25) is 0 Å². The summed E-state index contributed by atoms with van der Waals surface area (Å²) in [4.78, 5) is 30.2. The van der Waals surface area contributed by atoms with E-state index in [1.165, 1.54) is 17.0 Å². The molecule has 1 heterocycles. The van der Waals surface area contributed by atoms with Crippen LogP contribution in [0, 0.1) is 10.1 Å².